The maximum atomic E-state index is 4.49. The second kappa shape index (κ2) is 6.75. The third-order valence-electron chi connectivity index (χ3n) is 3.34. The molecule has 0 radical (unpaired) electrons. The molecule has 2 rings (SSSR count). The van der Waals surface area contributed by atoms with Gasteiger partial charge in [0.25, 0.3) is 0 Å². The third-order valence-corrected chi connectivity index (χ3v) is 3.83. The van der Waals surface area contributed by atoms with E-state index in [9.17, 15) is 0 Å². The predicted molar refractivity (Wildman–Crippen MR) is 92.1 cm³/mol. The van der Waals surface area contributed by atoms with Crippen molar-refractivity contribution < 1.29 is 0 Å². The van der Waals surface area contributed by atoms with Gasteiger partial charge in [-0.15, -0.1) is 0 Å². The van der Waals surface area contributed by atoms with E-state index in [2.05, 4.69) is 78.4 Å². The molecule has 1 aromatic heterocycles. The fourth-order valence-electron chi connectivity index (χ4n) is 2.25. The molecule has 0 fully saturated rings. The Bertz CT molecular complexity index is 596. The zero-order valence-corrected chi connectivity index (χ0v) is 14.9. The predicted octanol–water partition coefficient (Wildman–Crippen LogP) is 4.26. The molecule has 1 N–H and O–H groups in total. The smallest absolute Gasteiger partial charge is 0.0675 e. The molecule has 0 saturated heterocycles. The highest BCUT2D eigenvalue weighted by molar-refractivity contribution is 9.10. The van der Waals surface area contributed by atoms with E-state index >= 15 is 0 Å². The SMILES string of the molecule is Cc1cc(Br)ccc1-n1cc(CCCNC(C)(C)C)cn1. The minimum Gasteiger partial charge on any atom is -0.312 e. The summed E-state index contributed by atoms with van der Waals surface area (Å²) in [6.45, 7) is 9.73. The number of rotatable bonds is 5. The number of halogens is 1. The van der Waals surface area contributed by atoms with Crippen molar-refractivity contribution >= 4 is 15.9 Å². The van der Waals surface area contributed by atoms with Crippen LogP contribution < -0.4 is 5.32 Å². The molecule has 0 spiro atoms. The second-order valence-electron chi connectivity index (χ2n) is 6.50. The molecule has 0 unspecified atom stereocenters. The molecule has 1 heterocycles. The summed E-state index contributed by atoms with van der Waals surface area (Å²) >= 11 is 3.50. The number of aromatic nitrogens is 2. The van der Waals surface area contributed by atoms with E-state index in [0.29, 0.717) is 0 Å². The molecule has 0 amide bonds. The van der Waals surface area contributed by atoms with Crippen molar-refractivity contribution in [2.24, 2.45) is 0 Å². The van der Waals surface area contributed by atoms with Crippen LogP contribution in [0.25, 0.3) is 5.69 Å². The molecule has 114 valence electrons. The van der Waals surface area contributed by atoms with Crippen molar-refractivity contribution in [2.45, 2.75) is 46.1 Å². The number of aryl methyl sites for hydroxylation is 2. The number of nitrogens with one attached hydrogen (secondary N) is 1. The molecule has 0 bridgehead atoms. The summed E-state index contributed by atoms with van der Waals surface area (Å²) in [4.78, 5) is 0. The minimum absolute atomic E-state index is 0.193. The maximum absolute atomic E-state index is 4.49. The Hall–Kier alpha value is -1.13. The van der Waals surface area contributed by atoms with Crippen molar-refractivity contribution in [2.75, 3.05) is 6.54 Å². The summed E-state index contributed by atoms with van der Waals surface area (Å²) in [5.41, 5.74) is 3.83. The number of hydrogen-bond acceptors (Lipinski definition) is 2. The lowest BCUT2D eigenvalue weighted by molar-refractivity contribution is 0.422. The average Bonchev–Trinajstić information content (AvgIpc) is 2.82. The molecule has 21 heavy (non-hydrogen) atoms. The summed E-state index contributed by atoms with van der Waals surface area (Å²) in [6.07, 6.45) is 6.28. The quantitative estimate of drug-likeness (QED) is 0.817. The van der Waals surface area contributed by atoms with Crippen LogP contribution in [0.4, 0.5) is 0 Å². The molecular weight excluding hydrogens is 326 g/mol. The molecular formula is C17H24BrN3. The van der Waals surface area contributed by atoms with Crippen molar-refractivity contribution in [1.29, 1.82) is 0 Å². The molecule has 0 aliphatic rings. The van der Waals surface area contributed by atoms with Gasteiger partial charge in [0.15, 0.2) is 0 Å². The second-order valence-corrected chi connectivity index (χ2v) is 7.42. The lowest BCUT2D eigenvalue weighted by Crippen LogP contribution is -2.36. The van der Waals surface area contributed by atoms with Gasteiger partial charge in [0.2, 0.25) is 0 Å². The van der Waals surface area contributed by atoms with Crippen LogP contribution in [-0.4, -0.2) is 21.9 Å². The van der Waals surface area contributed by atoms with E-state index in [4.69, 9.17) is 0 Å². The van der Waals surface area contributed by atoms with Crippen LogP contribution in [0, 0.1) is 6.92 Å². The van der Waals surface area contributed by atoms with Gasteiger partial charge in [0, 0.05) is 16.2 Å². The molecule has 3 nitrogen and oxygen atoms in total. The van der Waals surface area contributed by atoms with Gasteiger partial charge in [-0.25, -0.2) is 4.68 Å². The van der Waals surface area contributed by atoms with E-state index in [-0.39, 0.29) is 5.54 Å². The zero-order valence-electron chi connectivity index (χ0n) is 13.3. The topological polar surface area (TPSA) is 29.9 Å². The Kier molecular flexibility index (Phi) is 5.22. The monoisotopic (exact) mass is 349 g/mol. The summed E-state index contributed by atoms with van der Waals surface area (Å²) in [7, 11) is 0. The van der Waals surface area contributed by atoms with Crippen molar-refractivity contribution in [3.05, 3.63) is 46.2 Å². The van der Waals surface area contributed by atoms with Crippen LogP contribution in [0.2, 0.25) is 0 Å². The Balaban J connectivity index is 1.95. The highest BCUT2D eigenvalue weighted by Crippen LogP contribution is 2.19. The van der Waals surface area contributed by atoms with Crippen LogP contribution in [0.3, 0.4) is 0 Å². The normalized spacial score (nSPS) is 11.9. The van der Waals surface area contributed by atoms with Gasteiger partial charge in [-0.1, -0.05) is 15.9 Å². The Morgan fingerprint density at radius 2 is 2.05 bits per heavy atom. The summed E-state index contributed by atoms with van der Waals surface area (Å²) in [6, 6.07) is 6.26. The molecule has 4 heteroatoms. The molecule has 0 aliphatic carbocycles. The van der Waals surface area contributed by atoms with Gasteiger partial charge in [0.05, 0.1) is 11.9 Å². The van der Waals surface area contributed by atoms with Crippen LogP contribution in [-0.2, 0) is 6.42 Å². The Morgan fingerprint density at radius 3 is 2.71 bits per heavy atom. The summed E-state index contributed by atoms with van der Waals surface area (Å²) < 4.78 is 3.07. The first-order chi connectivity index (χ1) is 9.85. The van der Waals surface area contributed by atoms with E-state index < -0.39 is 0 Å². The molecule has 0 aliphatic heterocycles. The van der Waals surface area contributed by atoms with Gasteiger partial charge < -0.3 is 5.32 Å². The molecule has 1 aromatic carbocycles. The lowest BCUT2D eigenvalue weighted by Gasteiger charge is -2.20. The summed E-state index contributed by atoms with van der Waals surface area (Å²) in [5, 5.41) is 8.00. The van der Waals surface area contributed by atoms with Gasteiger partial charge >= 0.3 is 0 Å². The van der Waals surface area contributed by atoms with E-state index in [0.717, 1.165) is 29.5 Å². The highest BCUT2D eigenvalue weighted by Gasteiger charge is 2.08. The zero-order chi connectivity index (χ0) is 15.5. The first kappa shape index (κ1) is 16.2. The number of nitrogens with zero attached hydrogens (tertiary/aromatic N) is 2. The van der Waals surface area contributed by atoms with Crippen LogP contribution >= 0.6 is 15.9 Å². The minimum atomic E-state index is 0.193. The molecule has 2 aromatic rings. The fraction of sp³-hybridized carbons (Fsp3) is 0.471. The largest absolute Gasteiger partial charge is 0.312 e. The van der Waals surface area contributed by atoms with E-state index in [1.165, 1.54) is 11.1 Å². The number of benzene rings is 1. The third kappa shape index (κ3) is 4.97. The molecule has 0 atom stereocenters. The lowest BCUT2D eigenvalue weighted by atomic mass is 10.1. The van der Waals surface area contributed by atoms with E-state index in [1.54, 1.807) is 0 Å². The average molecular weight is 350 g/mol. The Morgan fingerprint density at radius 1 is 1.29 bits per heavy atom. The number of hydrogen-bond donors (Lipinski definition) is 1. The molecule has 0 saturated carbocycles. The van der Waals surface area contributed by atoms with Crippen LogP contribution in [0.5, 0.6) is 0 Å². The van der Waals surface area contributed by atoms with E-state index in [1.807, 2.05) is 10.9 Å². The standard InChI is InChI=1S/C17H24BrN3/c1-13-10-15(18)7-8-16(13)21-12-14(11-20-21)6-5-9-19-17(2,3)4/h7-8,10-12,19H,5-6,9H2,1-4H3. The van der Waals surface area contributed by atoms with Crippen molar-refractivity contribution in [3.8, 4) is 5.69 Å². The van der Waals surface area contributed by atoms with Gasteiger partial charge in [0.1, 0.15) is 0 Å². The van der Waals surface area contributed by atoms with Gasteiger partial charge in [-0.3, -0.25) is 0 Å². The first-order valence-electron chi connectivity index (χ1n) is 7.40. The van der Waals surface area contributed by atoms with Crippen molar-refractivity contribution in [3.63, 3.8) is 0 Å². The van der Waals surface area contributed by atoms with Gasteiger partial charge in [-0.05, 0) is 76.4 Å². The maximum Gasteiger partial charge on any atom is 0.0675 e. The van der Waals surface area contributed by atoms with Gasteiger partial charge in [-0.2, -0.15) is 5.10 Å². The highest BCUT2D eigenvalue weighted by atomic mass is 79.9. The first-order valence-corrected chi connectivity index (χ1v) is 8.19. The van der Waals surface area contributed by atoms with Crippen LogP contribution in [0.15, 0.2) is 35.1 Å². The summed E-state index contributed by atoms with van der Waals surface area (Å²) in [5.74, 6) is 0. The van der Waals surface area contributed by atoms with Crippen molar-refractivity contribution in [1.82, 2.24) is 15.1 Å². The van der Waals surface area contributed by atoms with Crippen LogP contribution in [0.1, 0.15) is 38.3 Å². The fourth-order valence-corrected chi connectivity index (χ4v) is 2.73. The Labute approximate surface area is 135 Å².